The molecule has 2 aromatic carbocycles. The quantitative estimate of drug-likeness (QED) is 0.542. The number of carbonyl (C=O) groups is 1. The Hall–Kier alpha value is -1.94. The third-order valence-electron chi connectivity index (χ3n) is 3.65. The zero-order valence-corrected chi connectivity index (χ0v) is 15.2. The maximum Gasteiger partial charge on any atom is 0.339 e. The molecule has 6 heteroatoms. The van der Waals surface area contributed by atoms with E-state index in [9.17, 15) is 4.79 Å². The van der Waals surface area contributed by atoms with Gasteiger partial charge in [-0.2, -0.15) is 9.05 Å². The molecule has 0 heterocycles. The summed E-state index contributed by atoms with van der Waals surface area (Å²) >= 11 is 0. The minimum Gasteiger partial charge on any atom is -0.496 e. The molecule has 0 bridgehead atoms. The zero-order chi connectivity index (χ0) is 17.6. The van der Waals surface area contributed by atoms with Crippen molar-refractivity contribution >= 4 is 24.6 Å². The van der Waals surface area contributed by atoms with Gasteiger partial charge in [-0.05, 0) is 19.1 Å². The topological polar surface area (TPSA) is 54.0 Å². The van der Waals surface area contributed by atoms with E-state index in [1.807, 2.05) is 37.3 Å². The van der Waals surface area contributed by atoms with Crippen molar-refractivity contribution in [1.29, 1.82) is 0 Å². The lowest BCUT2D eigenvalue weighted by Crippen LogP contribution is -2.26. The van der Waals surface area contributed by atoms with Crippen molar-refractivity contribution in [3.8, 4) is 11.5 Å². The van der Waals surface area contributed by atoms with E-state index in [-0.39, 0.29) is 0 Å². The fourth-order valence-electron chi connectivity index (χ4n) is 2.58. The summed E-state index contributed by atoms with van der Waals surface area (Å²) in [6.45, 7) is 2.40. The van der Waals surface area contributed by atoms with E-state index in [1.165, 1.54) is 14.2 Å². The molecule has 0 amide bonds. The van der Waals surface area contributed by atoms with Gasteiger partial charge in [0.15, 0.2) is 16.9 Å². The molecular formula is C18H22O5P+. The minimum absolute atomic E-state index is 0.363. The lowest BCUT2D eigenvalue weighted by Gasteiger charge is -2.23. The highest BCUT2D eigenvalue weighted by Crippen LogP contribution is 2.58. The minimum atomic E-state index is -2.57. The summed E-state index contributed by atoms with van der Waals surface area (Å²) in [5.74, 6) is 0.854. The van der Waals surface area contributed by atoms with Crippen LogP contribution in [0.3, 0.4) is 0 Å². The van der Waals surface area contributed by atoms with E-state index in [2.05, 4.69) is 0 Å². The van der Waals surface area contributed by atoms with Gasteiger partial charge < -0.3 is 9.47 Å². The molecule has 5 nitrogen and oxygen atoms in total. The van der Waals surface area contributed by atoms with Crippen LogP contribution in [-0.2, 0) is 9.05 Å². The van der Waals surface area contributed by atoms with Crippen molar-refractivity contribution in [1.82, 2.24) is 0 Å². The summed E-state index contributed by atoms with van der Waals surface area (Å²) in [6, 6.07) is 13.3. The highest BCUT2D eigenvalue weighted by Gasteiger charge is 2.48. The van der Waals surface area contributed by atoms with Crippen molar-refractivity contribution in [3.05, 3.63) is 48.0 Å². The first-order valence-electron chi connectivity index (χ1n) is 7.53. The monoisotopic (exact) mass is 349 g/mol. The predicted octanol–water partition coefficient (Wildman–Crippen LogP) is 3.00. The lowest BCUT2D eigenvalue weighted by molar-refractivity contribution is 0.111. The molecule has 2 rings (SSSR count). The zero-order valence-electron chi connectivity index (χ0n) is 14.3. The Morgan fingerprint density at radius 2 is 1.54 bits per heavy atom. The van der Waals surface area contributed by atoms with Crippen LogP contribution in [0.25, 0.3) is 0 Å². The molecule has 1 atom stereocenters. The fourth-order valence-corrected chi connectivity index (χ4v) is 5.20. The third kappa shape index (κ3) is 3.29. The lowest BCUT2D eigenvalue weighted by atomic mass is 10.2. The van der Waals surface area contributed by atoms with Crippen LogP contribution in [0.15, 0.2) is 42.5 Å². The van der Waals surface area contributed by atoms with E-state index in [4.69, 9.17) is 18.5 Å². The Balaban J connectivity index is 2.73. The second kappa shape index (κ2) is 8.25. The van der Waals surface area contributed by atoms with Crippen LogP contribution in [-0.4, -0.2) is 34.2 Å². The second-order valence-electron chi connectivity index (χ2n) is 4.87. The number of hydrogen-bond acceptors (Lipinski definition) is 5. The maximum atomic E-state index is 11.4. The predicted molar refractivity (Wildman–Crippen MR) is 96.2 cm³/mol. The molecule has 0 spiro atoms. The maximum absolute atomic E-state index is 11.4. The van der Waals surface area contributed by atoms with Crippen LogP contribution >= 0.6 is 7.72 Å². The van der Waals surface area contributed by atoms with Crippen LogP contribution in [0.2, 0.25) is 0 Å². The van der Waals surface area contributed by atoms with Gasteiger partial charge >= 0.3 is 7.72 Å². The molecule has 128 valence electrons. The van der Waals surface area contributed by atoms with Crippen LogP contribution in [0.4, 0.5) is 0 Å². The Morgan fingerprint density at radius 3 is 1.96 bits per heavy atom. The van der Waals surface area contributed by atoms with Gasteiger partial charge in [-0.1, -0.05) is 18.2 Å². The van der Waals surface area contributed by atoms with E-state index >= 15 is 0 Å². The standard InChI is InChI=1S/C18H22O5P/c1-5-23-24(22-4,14-9-7-6-8-10-14)15-11-17(20-2)16(13-19)18(12-15)21-3/h6-13H,5H2,1-4H3/q+1. The molecule has 0 radical (unpaired) electrons. The largest absolute Gasteiger partial charge is 0.496 e. The van der Waals surface area contributed by atoms with E-state index in [1.54, 1.807) is 19.2 Å². The molecule has 24 heavy (non-hydrogen) atoms. The van der Waals surface area contributed by atoms with Gasteiger partial charge in [-0.3, -0.25) is 4.79 Å². The summed E-state index contributed by atoms with van der Waals surface area (Å²) in [6.07, 6.45) is 0.720. The average Bonchev–Trinajstić information content (AvgIpc) is 2.65. The van der Waals surface area contributed by atoms with E-state index < -0.39 is 7.72 Å². The van der Waals surface area contributed by atoms with Gasteiger partial charge in [-0.15, -0.1) is 0 Å². The Morgan fingerprint density at radius 1 is 0.958 bits per heavy atom. The number of benzene rings is 2. The Kier molecular flexibility index (Phi) is 6.32. The Labute approximate surface area is 143 Å². The molecule has 0 saturated carbocycles. The molecule has 0 aliphatic carbocycles. The summed E-state index contributed by atoms with van der Waals surface area (Å²) < 4.78 is 22.8. The number of methoxy groups -OCH3 is 2. The van der Waals surface area contributed by atoms with Gasteiger partial charge in [0.25, 0.3) is 0 Å². The summed E-state index contributed by atoms with van der Waals surface area (Å²) in [5, 5.41) is 1.73. The first-order chi connectivity index (χ1) is 11.7. The van der Waals surface area contributed by atoms with Gasteiger partial charge in [-0.25, -0.2) is 0 Å². The van der Waals surface area contributed by atoms with Gasteiger partial charge in [0.05, 0.1) is 33.5 Å². The molecule has 0 aliphatic rings. The SMILES string of the molecule is CCO[P+](OC)(c1ccccc1)c1cc(OC)c(C=O)c(OC)c1. The Bertz CT molecular complexity index is 664. The van der Waals surface area contributed by atoms with Gasteiger partial charge in [0.2, 0.25) is 0 Å². The number of hydrogen-bond donors (Lipinski definition) is 0. The van der Waals surface area contributed by atoms with Crippen LogP contribution in [0.5, 0.6) is 11.5 Å². The first kappa shape index (κ1) is 18.4. The highest BCUT2D eigenvalue weighted by molar-refractivity contribution is 7.81. The van der Waals surface area contributed by atoms with Gasteiger partial charge in [0, 0.05) is 12.1 Å². The van der Waals surface area contributed by atoms with Crippen molar-refractivity contribution in [3.63, 3.8) is 0 Å². The number of ether oxygens (including phenoxy) is 2. The smallest absolute Gasteiger partial charge is 0.339 e. The fraction of sp³-hybridized carbons (Fsp3) is 0.278. The summed E-state index contributed by atoms with van der Waals surface area (Å²) in [4.78, 5) is 11.4. The molecule has 1 unspecified atom stereocenters. The van der Waals surface area contributed by atoms with E-state index in [0.29, 0.717) is 23.7 Å². The average molecular weight is 349 g/mol. The second-order valence-corrected chi connectivity index (χ2v) is 7.63. The highest BCUT2D eigenvalue weighted by atomic mass is 31.2. The number of aldehydes is 1. The van der Waals surface area contributed by atoms with Gasteiger partial charge in [0.1, 0.15) is 11.5 Å². The number of carbonyl (C=O) groups excluding carboxylic acids is 1. The molecule has 0 aliphatic heterocycles. The summed E-state index contributed by atoms with van der Waals surface area (Å²) in [7, 11) is 2.09. The summed E-state index contributed by atoms with van der Waals surface area (Å²) in [5.41, 5.74) is 0.363. The molecular weight excluding hydrogens is 327 g/mol. The van der Waals surface area contributed by atoms with Crippen molar-refractivity contribution < 1.29 is 23.3 Å². The van der Waals surface area contributed by atoms with Crippen molar-refractivity contribution in [2.24, 2.45) is 0 Å². The number of rotatable bonds is 8. The molecule has 0 aromatic heterocycles. The normalized spacial score (nSPS) is 13.2. The van der Waals surface area contributed by atoms with E-state index in [0.717, 1.165) is 16.9 Å². The van der Waals surface area contributed by atoms with Crippen LogP contribution in [0, 0.1) is 0 Å². The first-order valence-corrected chi connectivity index (χ1v) is 9.16. The van der Waals surface area contributed by atoms with Crippen molar-refractivity contribution in [2.45, 2.75) is 6.92 Å². The van der Waals surface area contributed by atoms with Crippen LogP contribution in [0.1, 0.15) is 17.3 Å². The van der Waals surface area contributed by atoms with Crippen molar-refractivity contribution in [2.75, 3.05) is 27.9 Å². The molecule has 2 aromatic rings. The third-order valence-corrected chi connectivity index (χ3v) is 6.70. The molecule has 0 saturated heterocycles. The molecule has 0 fully saturated rings. The van der Waals surface area contributed by atoms with Crippen LogP contribution < -0.4 is 20.1 Å². The molecule has 0 N–H and O–H groups in total.